The molecule has 1 atom stereocenters. The second-order valence-electron chi connectivity index (χ2n) is 4.14. The van der Waals surface area contributed by atoms with Crippen molar-refractivity contribution in [2.75, 3.05) is 20.2 Å². The predicted octanol–water partition coefficient (Wildman–Crippen LogP) is 2.30. The van der Waals surface area contributed by atoms with Gasteiger partial charge in [0.2, 0.25) is 0 Å². The molecule has 0 bridgehead atoms. The van der Waals surface area contributed by atoms with Crippen LogP contribution in [0, 0.1) is 5.92 Å². The Kier molecular flexibility index (Phi) is 5.45. The normalized spacial score (nSPS) is 19.2. The molecule has 0 radical (unpaired) electrons. The topological polar surface area (TPSA) is 38.3 Å². The Hall–Kier alpha value is -1.06. The summed E-state index contributed by atoms with van der Waals surface area (Å²) in [5.41, 5.74) is 0.757. The van der Waals surface area contributed by atoms with Crippen molar-refractivity contribution < 1.29 is 9.53 Å². The van der Waals surface area contributed by atoms with Crippen LogP contribution in [-0.4, -0.2) is 26.0 Å². The van der Waals surface area contributed by atoms with Crippen molar-refractivity contribution in [1.29, 1.82) is 0 Å². The number of methoxy groups -OCH3 is 1. The minimum Gasteiger partial charge on any atom is -0.497 e. The Balaban J connectivity index is 0.00000144. The molecule has 0 aliphatic carbocycles. The van der Waals surface area contributed by atoms with Gasteiger partial charge in [0.05, 0.1) is 7.11 Å². The van der Waals surface area contributed by atoms with Gasteiger partial charge in [-0.2, -0.15) is 0 Å². The van der Waals surface area contributed by atoms with Crippen LogP contribution in [0.3, 0.4) is 0 Å². The van der Waals surface area contributed by atoms with Crippen LogP contribution < -0.4 is 10.1 Å². The highest BCUT2D eigenvalue weighted by molar-refractivity contribution is 5.98. The quantitative estimate of drug-likeness (QED) is 0.843. The van der Waals surface area contributed by atoms with Gasteiger partial charge in [0.25, 0.3) is 0 Å². The highest BCUT2D eigenvalue weighted by atomic mass is 35.5. The summed E-state index contributed by atoms with van der Waals surface area (Å²) in [5, 5.41) is 3.26. The molecule has 0 spiro atoms. The Morgan fingerprint density at radius 2 is 2.29 bits per heavy atom. The lowest BCUT2D eigenvalue weighted by Crippen LogP contribution is -2.34. The zero-order chi connectivity index (χ0) is 11.4. The van der Waals surface area contributed by atoms with Crippen LogP contribution in [0.4, 0.5) is 0 Å². The van der Waals surface area contributed by atoms with E-state index in [0.29, 0.717) is 0 Å². The van der Waals surface area contributed by atoms with E-state index in [1.807, 2.05) is 24.3 Å². The lowest BCUT2D eigenvalue weighted by Gasteiger charge is -2.21. The number of nitrogens with one attached hydrogen (secondary N) is 1. The first kappa shape index (κ1) is 14.0. The van der Waals surface area contributed by atoms with Crippen molar-refractivity contribution in [3.8, 4) is 5.75 Å². The summed E-state index contributed by atoms with van der Waals surface area (Å²) in [6, 6.07) is 7.40. The van der Waals surface area contributed by atoms with E-state index in [1.165, 1.54) is 0 Å². The largest absolute Gasteiger partial charge is 0.497 e. The van der Waals surface area contributed by atoms with Crippen molar-refractivity contribution in [1.82, 2.24) is 5.32 Å². The summed E-state index contributed by atoms with van der Waals surface area (Å²) in [6.45, 7) is 1.83. The molecule has 0 saturated carbocycles. The molecule has 1 aromatic rings. The number of carbonyl (C=O) groups is 1. The molecule has 1 aliphatic heterocycles. The average molecular weight is 256 g/mol. The van der Waals surface area contributed by atoms with Crippen LogP contribution in [0.2, 0.25) is 0 Å². The minimum absolute atomic E-state index is 0. The zero-order valence-corrected chi connectivity index (χ0v) is 10.8. The fourth-order valence-corrected chi connectivity index (χ4v) is 2.09. The summed E-state index contributed by atoms with van der Waals surface area (Å²) in [6.07, 6.45) is 2.07. The smallest absolute Gasteiger partial charge is 0.167 e. The van der Waals surface area contributed by atoms with Gasteiger partial charge in [-0.25, -0.2) is 0 Å². The van der Waals surface area contributed by atoms with E-state index < -0.39 is 0 Å². The Morgan fingerprint density at radius 1 is 1.47 bits per heavy atom. The first-order valence-corrected chi connectivity index (χ1v) is 5.70. The fraction of sp³-hybridized carbons (Fsp3) is 0.462. The maximum atomic E-state index is 12.2. The second-order valence-corrected chi connectivity index (χ2v) is 4.14. The number of ketones is 1. The number of halogens is 1. The predicted molar refractivity (Wildman–Crippen MR) is 70.2 cm³/mol. The highest BCUT2D eigenvalue weighted by Gasteiger charge is 2.22. The molecule has 2 rings (SSSR count). The Bertz CT molecular complexity index is 375. The monoisotopic (exact) mass is 255 g/mol. The molecule has 3 nitrogen and oxygen atoms in total. The Labute approximate surface area is 108 Å². The van der Waals surface area contributed by atoms with Crippen molar-refractivity contribution in [2.24, 2.45) is 5.92 Å². The van der Waals surface area contributed by atoms with E-state index in [1.54, 1.807) is 7.11 Å². The summed E-state index contributed by atoms with van der Waals surface area (Å²) in [7, 11) is 1.62. The summed E-state index contributed by atoms with van der Waals surface area (Å²) >= 11 is 0. The van der Waals surface area contributed by atoms with Crippen molar-refractivity contribution in [3.63, 3.8) is 0 Å². The number of Topliss-reactive ketones (excluding diaryl/α,β-unsaturated/α-hetero) is 1. The number of carbonyl (C=O) groups excluding carboxylic acids is 1. The molecule has 1 aromatic carbocycles. The standard InChI is InChI=1S/C13H17NO2.ClH/c1-16-12-6-2-4-10(8-12)13(15)11-5-3-7-14-9-11;/h2,4,6,8,11,14H,3,5,7,9H2,1H3;1H. The first-order chi connectivity index (χ1) is 7.81. The molecule has 1 N–H and O–H groups in total. The number of hydrogen-bond acceptors (Lipinski definition) is 3. The molecule has 1 heterocycles. The lowest BCUT2D eigenvalue weighted by molar-refractivity contribution is 0.0899. The SMILES string of the molecule is COc1cccc(C(=O)C2CCCNC2)c1.Cl. The van der Waals surface area contributed by atoms with Crippen LogP contribution in [0.1, 0.15) is 23.2 Å². The highest BCUT2D eigenvalue weighted by Crippen LogP contribution is 2.19. The summed E-state index contributed by atoms with van der Waals surface area (Å²) in [4.78, 5) is 12.2. The summed E-state index contributed by atoms with van der Waals surface area (Å²) in [5.74, 6) is 1.10. The van der Waals surface area contributed by atoms with E-state index >= 15 is 0 Å². The molecular formula is C13H18ClNO2. The van der Waals surface area contributed by atoms with E-state index in [-0.39, 0.29) is 24.1 Å². The van der Waals surface area contributed by atoms with E-state index in [2.05, 4.69) is 5.32 Å². The van der Waals surface area contributed by atoms with Crippen LogP contribution in [0.15, 0.2) is 24.3 Å². The van der Waals surface area contributed by atoms with Gasteiger partial charge >= 0.3 is 0 Å². The molecule has 4 heteroatoms. The molecule has 1 aliphatic rings. The summed E-state index contributed by atoms with van der Waals surface area (Å²) < 4.78 is 5.12. The molecule has 1 fully saturated rings. The molecule has 1 saturated heterocycles. The molecule has 0 aromatic heterocycles. The van der Waals surface area contributed by atoms with E-state index in [0.717, 1.165) is 37.2 Å². The van der Waals surface area contributed by atoms with Gasteiger partial charge in [0, 0.05) is 18.0 Å². The number of benzene rings is 1. The number of rotatable bonds is 3. The third-order valence-corrected chi connectivity index (χ3v) is 3.02. The molecule has 17 heavy (non-hydrogen) atoms. The first-order valence-electron chi connectivity index (χ1n) is 5.70. The van der Waals surface area contributed by atoms with Crippen LogP contribution in [0.5, 0.6) is 5.75 Å². The Morgan fingerprint density at radius 3 is 2.94 bits per heavy atom. The molecular weight excluding hydrogens is 238 g/mol. The maximum Gasteiger partial charge on any atom is 0.167 e. The fourth-order valence-electron chi connectivity index (χ4n) is 2.09. The maximum absolute atomic E-state index is 12.2. The van der Waals surface area contributed by atoms with Crippen LogP contribution >= 0.6 is 12.4 Å². The van der Waals surface area contributed by atoms with Gasteiger partial charge in [-0.05, 0) is 31.5 Å². The average Bonchev–Trinajstić information content (AvgIpc) is 2.39. The lowest BCUT2D eigenvalue weighted by atomic mass is 9.91. The van der Waals surface area contributed by atoms with Gasteiger partial charge < -0.3 is 10.1 Å². The molecule has 0 amide bonds. The second kappa shape index (κ2) is 6.62. The van der Waals surface area contributed by atoms with Gasteiger partial charge in [-0.1, -0.05) is 12.1 Å². The van der Waals surface area contributed by atoms with Crippen molar-refractivity contribution in [3.05, 3.63) is 29.8 Å². The van der Waals surface area contributed by atoms with Crippen LogP contribution in [-0.2, 0) is 0 Å². The van der Waals surface area contributed by atoms with Gasteiger partial charge in [-0.3, -0.25) is 4.79 Å². The van der Waals surface area contributed by atoms with Gasteiger partial charge in [0.1, 0.15) is 5.75 Å². The van der Waals surface area contributed by atoms with Crippen molar-refractivity contribution in [2.45, 2.75) is 12.8 Å². The van der Waals surface area contributed by atoms with E-state index in [4.69, 9.17) is 4.74 Å². The molecule has 1 unspecified atom stereocenters. The third-order valence-electron chi connectivity index (χ3n) is 3.02. The number of hydrogen-bond donors (Lipinski definition) is 1. The van der Waals surface area contributed by atoms with E-state index in [9.17, 15) is 4.79 Å². The number of ether oxygens (including phenoxy) is 1. The van der Waals surface area contributed by atoms with Gasteiger partial charge in [0.15, 0.2) is 5.78 Å². The molecule has 94 valence electrons. The van der Waals surface area contributed by atoms with Crippen LogP contribution in [0.25, 0.3) is 0 Å². The van der Waals surface area contributed by atoms with Gasteiger partial charge in [-0.15, -0.1) is 12.4 Å². The zero-order valence-electron chi connectivity index (χ0n) is 9.94. The number of piperidine rings is 1. The van der Waals surface area contributed by atoms with Crippen molar-refractivity contribution >= 4 is 18.2 Å². The minimum atomic E-state index is 0. The third kappa shape index (κ3) is 3.45.